The number of carbonyl (C=O) groups excluding carboxylic acids is 2. The van der Waals surface area contributed by atoms with Crippen LogP contribution in [0.1, 0.15) is 29.9 Å². The Morgan fingerprint density at radius 2 is 1.52 bits per heavy atom. The first-order valence-corrected chi connectivity index (χ1v) is 8.55. The van der Waals surface area contributed by atoms with Crippen molar-refractivity contribution in [2.24, 2.45) is 0 Å². The predicted molar refractivity (Wildman–Crippen MR) is 97.5 cm³/mol. The maximum absolute atomic E-state index is 11.9. The van der Waals surface area contributed by atoms with Gasteiger partial charge >= 0.3 is 11.5 Å². The monoisotopic (exact) mass is 408 g/mol. The third-order valence-electron chi connectivity index (χ3n) is 4.12. The summed E-state index contributed by atoms with van der Waals surface area (Å²) < 4.78 is 2.69. The maximum Gasteiger partial charge on any atom is 0.390 e. The standard InChI is InChI=1S/C15H20N8O6/c1-9-8-12(22(26)27)19-20(9)6-4-13(24)16-17-14(25)5-7-21-11(3)15(23(28)29)10(2)18-21/h8H,4-7H2,1-3H3,(H,16,24)(H,17,25). The van der Waals surface area contributed by atoms with Crippen LogP contribution < -0.4 is 10.9 Å². The van der Waals surface area contributed by atoms with E-state index in [1.165, 1.54) is 22.4 Å². The summed E-state index contributed by atoms with van der Waals surface area (Å²) in [7, 11) is 0. The van der Waals surface area contributed by atoms with Gasteiger partial charge in [0.2, 0.25) is 11.8 Å². The van der Waals surface area contributed by atoms with Gasteiger partial charge in [0, 0.05) is 12.8 Å². The molecule has 0 radical (unpaired) electrons. The molecule has 2 amide bonds. The number of hydrogen-bond donors (Lipinski definition) is 2. The fourth-order valence-electron chi connectivity index (χ4n) is 2.66. The molecule has 0 bridgehead atoms. The van der Waals surface area contributed by atoms with Crippen molar-refractivity contribution in [1.29, 1.82) is 0 Å². The smallest absolute Gasteiger partial charge is 0.358 e. The summed E-state index contributed by atoms with van der Waals surface area (Å²) in [5.41, 5.74) is 5.52. The van der Waals surface area contributed by atoms with E-state index in [9.17, 15) is 29.8 Å². The highest BCUT2D eigenvalue weighted by molar-refractivity contribution is 5.81. The van der Waals surface area contributed by atoms with Crippen LogP contribution in [0.15, 0.2) is 6.07 Å². The number of nitrogens with zero attached hydrogens (tertiary/aromatic N) is 6. The molecule has 2 aromatic heterocycles. The topological polar surface area (TPSA) is 180 Å². The van der Waals surface area contributed by atoms with Gasteiger partial charge in [0.15, 0.2) is 0 Å². The zero-order valence-electron chi connectivity index (χ0n) is 16.0. The average Bonchev–Trinajstić information content (AvgIpc) is 3.15. The number of aromatic nitrogens is 4. The first kappa shape index (κ1) is 21.5. The highest BCUT2D eigenvalue weighted by Crippen LogP contribution is 2.21. The van der Waals surface area contributed by atoms with Crippen LogP contribution in [0, 0.1) is 41.0 Å². The molecule has 29 heavy (non-hydrogen) atoms. The Balaban J connectivity index is 1.78. The number of amides is 2. The Labute approximate surface area is 164 Å². The van der Waals surface area contributed by atoms with Gasteiger partial charge in [-0.05, 0) is 25.7 Å². The molecule has 0 unspecified atom stereocenters. The molecule has 0 saturated carbocycles. The van der Waals surface area contributed by atoms with Crippen LogP contribution in [0.3, 0.4) is 0 Å². The number of rotatable bonds is 8. The quantitative estimate of drug-likeness (QED) is 0.466. The normalized spacial score (nSPS) is 10.6. The van der Waals surface area contributed by atoms with Crippen LogP contribution in [-0.4, -0.2) is 41.2 Å². The van der Waals surface area contributed by atoms with Crippen molar-refractivity contribution in [2.45, 2.75) is 46.7 Å². The Kier molecular flexibility index (Phi) is 6.59. The molecule has 2 aromatic rings. The van der Waals surface area contributed by atoms with Crippen molar-refractivity contribution in [1.82, 2.24) is 30.4 Å². The lowest BCUT2D eigenvalue weighted by Crippen LogP contribution is -2.42. The molecule has 14 nitrogen and oxygen atoms in total. The summed E-state index contributed by atoms with van der Waals surface area (Å²) >= 11 is 0. The third-order valence-corrected chi connectivity index (χ3v) is 4.12. The second kappa shape index (κ2) is 8.90. The Bertz CT molecular complexity index is 962. The molecule has 0 aromatic carbocycles. The fraction of sp³-hybridized carbons (Fsp3) is 0.467. The number of hydrogen-bond acceptors (Lipinski definition) is 8. The summed E-state index contributed by atoms with van der Waals surface area (Å²) in [5, 5.41) is 29.5. The van der Waals surface area contributed by atoms with Gasteiger partial charge in [0.25, 0.3) is 0 Å². The van der Waals surface area contributed by atoms with Crippen LogP contribution in [0.4, 0.5) is 11.5 Å². The number of carbonyl (C=O) groups is 2. The van der Waals surface area contributed by atoms with E-state index in [0.29, 0.717) is 11.4 Å². The molecule has 0 aliphatic rings. The van der Waals surface area contributed by atoms with Crippen molar-refractivity contribution in [3.05, 3.63) is 43.4 Å². The lowest BCUT2D eigenvalue weighted by Gasteiger charge is -2.08. The number of nitro groups is 2. The van der Waals surface area contributed by atoms with Crippen molar-refractivity contribution >= 4 is 23.3 Å². The van der Waals surface area contributed by atoms with E-state index in [1.54, 1.807) is 13.8 Å². The van der Waals surface area contributed by atoms with E-state index in [4.69, 9.17) is 0 Å². The van der Waals surface area contributed by atoms with Gasteiger partial charge in [-0.15, -0.1) is 0 Å². The zero-order valence-corrected chi connectivity index (χ0v) is 16.0. The molecule has 14 heteroatoms. The Morgan fingerprint density at radius 1 is 0.966 bits per heavy atom. The van der Waals surface area contributed by atoms with E-state index in [1.807, 2.05) is 0 Å². The number of aryl methyl sites for hydroxylation is 4. The highest BCUT2D eigenvalue weighted by atomic mass is 16.6. The van der Waals surface area contributed by atoms with Crippen LogP contribution in [0.5, 0.6) is 0 Å². The maximum atomic E-state index is 11.9. The average molecular weight is 408 g/mol. The summed E-state index contributed by atoms with van der Waals surface area (Å²) in [6, 6.07) is 1.29. The van der Waals surface area contributed by atoms with Crippen molar-refractivity contribution in [2.75, 3.05) is 0 Å². The van der Waals surface area contributed by atoms with E-state index in [2.05, 4.69) is 21.0 Å². The summed E-state index contributed by atoms with van der Waals surface area (Å²) in [6.45, 7) is 4.90. The van der Waals surface area contributed by atoms with E-state index >= 15 is 0 Å². The summed E-state index contributed by atoms with van der Waals surface area (Å²) in [6.07, 6.45) is -0.104. The second-order valence-corrected chi connectivity index (χ2v) is 6.22. The van der Waals surface area contributed by atoms with Gasteiger partial charge in [0.05, 0.1) is 34.9 Å². The van der Waals surface area contributed by atoms with Gasteiger partial charge in [-0.1, -0.05) is 0 Å². The molecule has 156 valence electrons. The molecule has 2 N–H and O–H groups in total. The predicted octanol–water partition coefficient (Wildman–Crippen LogP) is 0.449. The molecule has 0 saturated heterocycles. The lowest BCUT2D eigenvalue weighted by atomic mass is 10.3. The largest absolute Gasteiger partial charge is 0.390 e. The lowest BCUT2D eigenvalue weighted by molar-refractivity contribution is -0.389. The van der Waals surface area contributed by atoms with Gasteiger partial charge < -0.3 is 10.1 Å². The van der Waals surface area contributed by atoms with Crippen LogP contribution >= 0.6 is 0 Å². The SMILES string of the molecule is Cc1nn(CCC(=O)NNC(=O)CCn2nc([N+](=O)[O-])cc2C)c(C)c1[N+](=O)[O-]. The third kappa shape index (κ3) is 5.33. The molecule has 0 atom stereocenters. The molecule has 0 aliphatic heterocycles. The second-order valence-electron chi connectivity index (χ2n) is 6.22. The molecule has 0 spiro atoms. The van der Waals surface area contributed by atoms with Gasteiger partial charge in [0.1, 0.15) is 11.4 Å². The number of nitrogens with one attached hydrogen (secondary N) is 2. The number of hydrazine groups is 1. The van der Waals surface area contributed by atoms with Gasteiger partial charge in [-0.25, -0.2) is 0 Å². The van der Waals surface area contributed by atoms with E-state index in [-0.39, 0.29) is 43.1 Å². The molecular weight excluding hydrogens is 388 g/mol. The van der Waals surface area contributed by atoms with Crippen molar-refractivity contribution < 1.29 is 19.4 Å². The molecule has 2 rings (SSSR count). The first-order valence-electron chi connectivity index (χ1n) is 8.55. The summed E-state index contributed by atoms with van der Waals surface area (Å²) in [4.78, 5) is 44.2. The van der Waals surface area contributed by atoms with Crippen LogP contribution in [-0.2, 0) is 22.7 Å². The highest BCUT2D eigenvalue weighted by Gasteiger charge is 2.22. The fourth-order valence-corrected chi connectivity index (χ4v) is 2.66. The molecule has 2 heterocycles. The molecular formula is C15H20N8O6. The van der Waals surface area contributed by atoms with E-state index in [0.717, 1.165) is 0 Å². The minimum absolute atomic E-state index is 0.0517. The van der Waals surface area contributed by atoms with Gasteiger partial charge in [-0.2, -0.15) is 9.78 Å². The Hall–Kier alpha value is -3.84. The van der Waals surface area contributed by atoms with Crippen molar-refractivity contribution in [3.63, 3.8) is 0 Å². The molecule has 0 fully saturated rings. The van der Waals surface area contributed by atoms with Crippen molar-refractivity contribution in [3.8, 4) is 0 Å². The first-order chi connectivity index (χ1) is 13.6. The minimum atomic E-state index is -0.624. The zero-order chi connectivity index (χ0) is 21.7. The van der Waals surface area contributed by atoms with Crippen LogP contribution in [0.25, 0.3) is 0 Å². The summed E-state index contributed by atoms with van der Waals surface area (Å²) in [5.74, 6) is -1.31. The minimum Gasteiger partial charge on any atom is -0.358 e. The molecule has 0 aliphatic carbocycles. The van der Waals surface area contributed by atoms with Crippen LogP contribution in [0.2, 0.25) is 0 Å². The van der Waals surface area contributed by atoms with E-state index < -0.39 is 21.7 Å². The Morgan fingerprint density at radius 3 is 1.97 bits per heavy atom. The van der Waals surface area contributed by atoms with Gasteiger partial charge in [-0.3, -0.25) is 35.2 Å².